The lowest BCUT2D eigenvalue weighted by molar-refractivity contribution is 0.630. The molecule has 0 N–H and O–H groups in total. The van der Waals surface area contributed by atoms with E-state index in [1.165, 1.54) is 6.07 Å². The molecule has 2 nitrogen and oxygen atoms in total. The van der Waals surface area contributed by atoms with Gasteiger partial charge in [0.2, 0.25) is 0 Å². The Hall–Kier alpha value is -0.850. The molecule has 0 aliphatic heterocycles. The summed E-state index contributed by atoms with van der Waals surface area (Å²) in [6.07, 6.45) is 0.598. The molecule has 3 aromatic rings. The molecule has 0 radical (unpaired) electrons. The Morgan fingerprint density at radius 2 is 2.00 bits per heavy atom. The molecule has 21 heavy (non-hydrogen) atoms. The van der Waals surface area contributed by atoms with Gasteiger partial charge in [-0.1, -0.05) is 23.7 Å². The Bertz CT molecular complexity index is 817. The van der Waals surface area contributed by atoms with Crippen LogP contribution < -0.4 is 0 Å². The van der Waals surface area contributed by atoms with Crippen molar-refractivity contribution in [3.8, 4) is 5.69 Å². The smallest absolute Gasteiger partial charge is 0.144 e. The average Bonchev–Trinajstić information content (AvgIpc) is 2.78. The molecule has 0 aliphatic rings. The summed E-state index contributed by atoms with van der Waals surface area (Å²) in [5.74, 6) is 0.781. The van der Waals surface area contributed by atoms with Crippen LogP contribution in [0, 0.1) is 9.39 Å². The minimum atomic E-state index is -0.464. The molecule has 0 saturated heterocycles. The summed E-state index contributed by atoms with van der Waals surface area (Å²) in [5.41, 5.74) is 2.35. The second-order valence-corrected chi connectivity index (χ2v) is 6.46. The zero-order valence-corrected chi connectivity index (χ0v) is 14.5. The first-order valence-corrected chi connectivity index (χ1v) is 8.28. The number of aromatic nitrogens is 2. The van der Waals surface area contributed by atoms with Gasteiger partial charge in [-0.15, -0.1) is 11.6 Å². The van der Waals surface area contributed by atoms with Gasteiger partial charge in [-0.25, -0.2) is 9.37 Å². The highest BCUT2D eigenvalue weighted by Crippen LogP contribution is 2.29. The monoisotopic (exact) mass is 434 g/mol. The van der Waals surface area contributed by atoms with Crippen LogP contribution in [0.25, 0.3) is 16.7 Å². The maximum atomic E-state index is 13.6. The Labute approximate surface area is 145 Å². The van der Waals surface area contributed by atoms with Crippen LogP contribution in [0.15, 0.2) is 36.4 Å². The summed E-state index contributed by atoms with van der Waals surface area (Å²) in [5, 5.41) is 0.0898. The number of nitrogens with zero attached hydrogens (tertiary/aromatic N) is 2. The molecular weight excluding hydrogens is 425 g/mol. The van der Waals surface area contributed by atoms with E-state index >= 15 is 0 Å². The number of fused-ring (bicyclic) bond motifs is 1. The van der Waals surface area contributed by atoms with Crippen LogP contribution in [0.3, 0.4) is 0 Å². The molecule has 1 aromatic heterocycles. The molecular formula is C15H10Cl2FIN2. The highest BCUT2D eigenvalue weighted by molar-refractivity contribution is 14.1. The molecule has 0 bridgehead atoms. The van der Waals surface area contributed by atoms with Crippen LogP contribution in [0.2, 0.25) is 5.02 Å². The molecule has 1 heterocycles. The van der Waals surface area contributed by atoms with Crippen LogP contribution >= 0.6 is 45.8 Å². The van der Waals surface area contributed by atoms with Crippen molar-refractivity contribution >= 4 is 56.8 Å². The molecule has 0 aliphatic carbocycles. The van der Waals surface area contributed by atoms with Gasteiger partial charge in [0.25, 0.3) is 0 Å². The van der Waals surface area contributed by atoms with Gasteiger partial charge in [0.05, 0.1) is 21.7 Å². The van der Waals surface area contributed by atoms with Crippen LogP contribution in [-0.4, -0.2) is 15.4 Å². The molecule has 0 unspecified atom stereocenters. The van der Waals surface area contributed by atoms with Crippen LogP contribution in [0.1, 0.15) is 5.82 Å². The topological polar surface area (TPSA) is 17.8 Å². The third kappa shape index (κ3) is 2.76. The molecule has 0 fully saturated rings. The highest BCUT2D eigenvalue weighted by Gasteiger charge is 2.16. The second-order valence-electron chi connectivity index (χ2n) is 4.51. The third-order valence-corrected chi connectivity index (χ3v) is 4.57. The van der Waals surface area contributed by atoms with Crippen molar-refractivity contribution < 1.29 is 4.39 Å². The number of aryl methyl sites for hydroxylation is 1. The number of imidazole rings is 1. The van der Waals surface area contributed by atoms with Crippen molar-refractivity contribution in [1.82, 2.24) is 9.55 Å². The Morgan fingerprint density at radius 1 is 1.24 bits per heavy atom. The Balaban J connectivity index is 2.35. The Kier molecular flexibility index (Phi) is 4.38. The number of alkyl halides is 1. The van der Waals surface area contributed by atoms with Gasteiger partial charge in [-0.3, -0.25) is 4.57 Å². The van der Waals surface area contributed by atoms with Crippen LogP contribution in [0.5, 0.6) is 0 Å². The standard InChI is InChI=1S/C15H10Cl2FIN2/c16-6-5-15-20-12-8-10(18)9(17)7-14(12)21(15)13-4-2-1-3-11(13)19/h1-4,7-8H,5-6H2. The molecule has 0 spiro atoms. The van der Waals surface area contributed by atoms with Gasteiger partial charge in [-0.05, 0) is 40.8 Å². The predicted molar refractivity (Wildman–Crippen MR) is 93.2 cm³/mol. The van der Waals surface area contributed by atoms with E-state index in [1.54, 1.807) is 6.07 Å². The number of hydrogen-bond donors (Lipinski definition) is 0. The lowest BCUT2D eigenvalue weighted by Crippen LogP contribution is -2.03. The number of benzene rings is 2. The van der Waals surface area contributed by atoms with Crippen LogP contribution in [0.4, 0.5) is 4.39 Å². The molecule has 0 atom stereocenters. The van der Waals surface area contributed by atoms with E-state index in [4.69, 9.17) is 23.2 Å². The van der Waals surface area contributed by atoms with Crippen molar-refractivity contribution in [2.24, 2.45) is 0 Å². The van der Waals surface area contributed by atoms with Gasteiger partial charge >= 0.3 is 0 Å². The fraction of sp³-hybridized carbons (Fsp3) is 0.133. The van der Waals surface area contributed by atoms with E-state index in [0.29, 0.717) is 17.8 Å². The van der Waals surface area contributed by atoms with Gasteiger partial charge in [0, 0.05) is 21.9 Å². The predicted octanol–water partition coefficient (Wildman–Crippen LogP) is 5.20. The summed E-state index contributed by atoms with van der Waals surface area (Å²) in [4.78, 5) is 4.50. The van der Waals surface area contributed by atoms with Crippen molar-refractivity contribution in [3.63, 3.8) is 0 Å². The molecule has 6 heteroatoms. The van der Waals surface area contributed by atoms with Gasteiger partial charge in [0.15, 0.2) is 0 Å². The summed E-state index contributed by atoms with van der Waals surface area (Å²) < 4.78 is 16.7. The van der Waals surface area contributed by atoms with E-state index in [2.05, 4.69) is 27.6 Å². The Morgan fingerprint density at radius 3 is 2.71 bits per heavy atom. The van der Waals surface area contributed by atoms with E-state index in [0.717, 1.165) is 20.6 Å². The first kappa shape index (κ1) is 15.1. The summed E-state index contributed by atoms with van der Waals surface area (Å²) in [6, 6.07) is 10.9. The minimum absolute atomic E-state index is 0.0898. The maximum absolute atomic E-state index is 13.6. The normalized spacial score (nSPS) is 11.2. The lowest BCUT2D eigenvalue weighted by Gasteiger charge is -2.10. The van der Waals surface area contributed by atoms with Gasteiger partial charge in [0.1, 0.15) is 11.6 Å². The fourth-order valence-corrected chi connectivity index (χ4v) is 3.23. The highest BCUT2D eigenvalue weighted by atomic mass is 127. The summed E-state index contributed by atoms with van der Waals surface area (Å²) in [6.45, 7) is 0. The zero-order valence-electron chi connectivity index (χ0n) is 10.8. The zero-order chi connectivity index (χ0) is 15.0. The molecule has 0 amide bonds. The van der Waals surface area contributed by atoms with Crippen LogP contribution in [-0.2, 0) is 6.42 Å². The van der Waals surface area contributed by atoms with Crippen molar-refractivity contribution in [1.29, 1.82) is 0 Å². The largest absolute Gasteiger partial charge is 0.295 e. The summed E-state index contributed by atoms with van der Waals surface area (Å²) >= 11 is 14.1. The van der Waals surface area contributed by atoms with E-state index in [-0.39, 0.29) is 5.02 Å². The number of hydrogen-bond acceptors (Lipinski definition) is 1. The SMILES string of the molecule is Fc1cc2nc(CCCl)n(-c3ccccc3I)c2cc1Cl. The van der Waals surface area contributed by atoms with E-state index in [9.17, 15) is 4.39 Å². The third-order valence-electron chi connectivity index (χ3n) is 3.18. The number of halogens is 4. The second kappa shape index (κ2) is 6.10. The fourth-order valence-electron chi connectivity index (χ4n) is 2.28. The summed E-state index contributed by atoms with van der Waals surface area (Å²) in [7, 11) is 0. The lowest BCUT2D eigenvalue weighted by atomic mass is 10.2. The van der Waals surface area contributed by atoms with Crippen molar-refractivity contribution in [2.45, 2.75) is 6.42 Å². The quantitative estimate of drug-likeness (QED) is 0.409. The first-order valence-electron chi connectivity index (χ1n) is 6.29. The molecule has 0 saturated carbocycles. The minimum Gasteiger partial charge on any atom is -0.295 e. The van der Waals surface area contributed by atoms with Gasteiger partial charge in [-0.2, -0.15) is 0 Å². The number of rotatable bonds is 3. The van der Waals surface area contributed by atoms with Gasteiger partial charge < -0.3 is 0 Å². The average molecular weight is 435 g/mol. The molecule has 108 valence electrons. The number of para-hydroxylation sites is 1. The van der Waals surface area contributed by atoms with Crippen molar-refractivity contribution in [3.05, 3.63) is 56.6 Å². The molecule has 2 aromatic carbocycles. The van der Waals surface area contributed by atoms with Crippen molar-refractivity contribution in [2.75, 3.05) is 5.88 Å². The maximum Gasteiger partial charge on any atom is 0.144 e. The first-order chi connectivity index (χ1) is 10.1. The van der Waals surface area contributed by atoms with E-state index < -0.39 is 5.82 Å². The van der Waals surface area contributed by atoms with E-state index in [1.807, 2.05) is 28.8 Å². The molecule has 3 rings (SSSR count).